The SMILES string of the molecule is Cc1ccc(C2NCc3ccccc3-n3cccc32)cc1. The van der Waals surface area contributed by atoms with Crippen LogP contribution in [0.3, 0.4) is 0 Å². The number of aromatic nitrogens is 1. The average molecular weight is 274 g/mol. The fraction of sp³-hybridized carbons (Fsp3) is 0.158. The first-order valence-corrected chi connectivity index (χ1v) is 7.38. The van der Waals surface area contributed by atoms with Gasteiger partial charge in [-0.3, -0.25) is 0 Å². The molecule has 2 aromatic carbocycles. The molecule has 21 heavy (non-hydrogen) atoms. The van der Waals surface area contributed by atoms with Gasteiger partial charge in [0.05, 0.1) is 6.04 Å². The topological polar surface area (TPSA) is 17.0 Å². The summed E-state index contributed by atoms with van der Waals surface area (Å²) in [6, 6.07) is 22.0. The largest absolute Gasteiger partial charge is 0.319 e. The number of fused-ring (bicyclic) bond motifs is 3. The van der Waals surface area contributed by atoms with E-state index in [-0.39, 0.29) is 6.04 Å². The molecule has 0 radical (unpaired) electrons. The summed E-state index contributed by atoms with van der Waals surface area (Å²) in [7, 11) is 0. The molecule has 1 aromatic heterocycles. The van der Waals surface area contributed by atoms with E-state index in [0.29, 0.717) is 0 Å². The molecular weight excluding hydrogens is 256 g/mol. The van der Waals surface area contributed by atoms with E-state index in [1.54, 1.807) is 0 Å². The van der Waals surface area contributed by atoms with Gasteiger partial charge in [-0.1, -0.05) is 48.0 Å². The third kappa shape index (κ3) is 2.08. The van der Waals surface area contributed by atoms with Crippen LogP contribution in [0.1, 0.15) is 28.4 Å². The van der Waals surface area contributed by atoms with Gasteiger partial charge < -0.3 is 9.88 Å². The molecule has 0 saturated carbocycles. The normalized spacial score (nSPS) is 16.9. The number of benzene rings is 2. The third-order valence-electron chi connectivity index (χ3n) is 4.23. The van der Waals surface area contributed by atoms with Crippen molar-refractivity contribution < 1.29 is 0 Å². The Morgan fingerprint density at radius 2 is 1.76 bits per heavy atom. The molecule has 104 valence electrons. The number of nitrogens with zero attached hydrogens (tertiary/aromatic N) is 1. The number of hydrogen-bond acceptors (Lipinski definition) is 1. The van der Waals surface area contributed by atoms with Gasteiger partial charge in [-0.2, -0.15) is 0 Å². The summed E-state index contributed by atoms with van der Waals surface area (Å²) in [5.41, 5.74) is 6.52. The predicted octanol–water partition coefficient (Wildman–Crippen LogP) is 3.98. The molecule has 0 amide bonds. The van der Waals surface area contributed by atoms with E-state index in [2.05, 4.69) is 83.7 Å². The van der Waals surface area contributed by atoms with Crippen LogP contribution in [0.25, 0.3) is 5.69 Å². The van der Waals surface area contributed by atoms with E-state index in [0.717, 1.165) is 6.54 Å². The molecule has 1 atom stereocenters. The molecule has 2 heteroatoms. The van der Waals surface area contributed by atoms with Crippen LogP contribution in [0.2, 0.25) is 0 Å². The third-order valence-corrected chi connectivity index (χ3v) is 4.23. The number of aryl methyl sites for hydroxylation is 1. The van der Waals surface area contributed by atoms with Crippen LogP contribution in [0, 0.1) is 6.92 Å². The summed E-state index contributed by atoms with van der Waals surface area (Å²) in [6.07, 6.45) is 2.16. The molecule has 0 spiro atoms. The highest BCUT2D eigenvalue weighted by molar-refractivity contribution is 5.46. The van der Waals surface area contributed by atoms with Crippen LogP contribution in [0.15, 0.2) is 66.9 Å². The van der Waals surface area contributed by atoms with E-state index in [9.17, 15) is 0 Å². The van der Waals surface area contributed by atoms with Crippen molar-refractivity contribution in [2.24, 2.45) is 0 Å². The Labute approximate surface area is 125 Å². The number of hydrogen-bond donors (Lipinski definition) is 1. The second-order valence-electron chi connectivity index (χ2n) is 5.66. The highest BCUT2D eigenvalue weighted by Gasteiger charge is 2.22. The van der Waals surface area contributed by atoms with Gasteiger partial charge in [-0.05, 0) is 36.2 Å². The summed E-state index contributed by atoms with van der Waals surface area (Å²) in [5.74, 6) is 0. The summed E-state index contributed by atoms with van der Waals surface area (Å²) < 4.78 is 2.31. The first-order chi connectivity index (χ1) is 10.3. The molecule has 1 aliphatic heterocycles. The van der Waals surface area contributed by atoms with Gasteiger partial charge in [0, 0.05) is 24.1 Å². The molecule has 1 unspecified atom stereocenters. The van der Waals surface area contributed by atoms with Gasteiger partial charge in [0.1, 0.15) is 0 Å². The molecule has 0 bridgehead atoms. The minimum absolute atomic E-state index is 0.230. The number of nitrogens with one attached hydrogen (secondary N) is 1. The molecule has 4 rings (SSSR count). The van der Waals surface area contributed by atoms with Gasteiger partial charge in [0.2, 0.25) is 0 Å². The summed E-state index contributed by atoms with van der Waals surface area (Å²) >= 11 is 0. The standard InChI is InChI=1S/C19H18N2/c1-14-8-10-15(11-9-14)19-18-7-4-12-21(18)17-6-3-2-5-16(17)13-20-19/h2-12,19-20H,13H2,1H3. The molecule has 2 nitrogen and oxygen atoms in total. The highest BCUT2D eigenvalue weighted by atomic mass is 15.1. The maximum absolute atomic E-state index is 3.70. The van der Waals surface area contributed by atoms with E-state index in [4.69, 9.17) is 0 Å². The summed E-state index contributed by atoms with van der Waals surface area (Å²) in [4.78, 5) is 0. The Morgan fingerprint density at radius 3 is 2.62 bits per heavy atom. The van der Waals surface area contributed by atoms with Crippen molar-refractivity contribution in [3.63, 3.8) is 0 Å². The van der Waals surface area contributed by atoms with Crippen LogP contribution >= 0.6 is 0 Å². The minimum atomic E-state index is 0.230. The predicted molar refractivity (Wildman–Crippen MR) is 85.6 cm³/mol. The second kappa shape index (κ2) is 4.90. The zero-order chi connectivity index (χ0) is 14.2. The first-order valence-electron chi connectivity index (χ1n) is 7.38. The van der Waals surface area contributed by atoms with Crippen LogP contribution in [0.4, 0.5) is 0 Å². The quantitative estimate of drug-likeness (QED) is 0.710. The first kappa shape index (κ1) is 12.4. The zero-order valence-electron chi connectivity index (χ0n) is 12.1. The van der Waals surface area contributed by atoms with Crippen LogP contribution < -0.4 is 5.32 Å². The summed E-state index contributed by atoms with van der Waals surface area (Å²) in [5, 5.41) is 3.70. The Bertz CT molecular complexity index is 768. The van der Waals surface area contributed by atoms with Crippen molar-refractivity contribution in [2.75, 3.05) is 0 Å². The fourth-order valence-corrected chi connectivity index (χ4v) is 3.11. The molecule has 2 heterocycles. The van der Waals surface area contributed by atoms with Gasteiger partial charge in [0.15, 0.2) is 0 Å². The van der Waals surface area contributed by atoms with Gasteiger partial charge >= 0.3 is 0 Å². The van der Waals surface area contributed by atoms with Crippen molar-refractivity contribution in [3.05, 3.63) is 89.2 Å². The van der Waals surface area contributed by atoms with Crippen molar-refractivity contribution in [1.29, 1.82) is 0 Å². The van der Waals surface area contributed by atoms with Gasteiger partial charge in [0.25, 0.3) is 0 Å². The molecule has 1 aliphatic rings. The lowest BCUT2D eigenvalue weighted by Gasteiger charge is -2.18. The summed E-state index contributed by atoms with van der Waals surface area (Å²) in [6.45, 7) is 3.01. The second-order valence-corrected chi connectivity index (χ2v) is 5.66. The molecular formula is C19H18N2. The van der Waals surface area contributed by atoms with E-state index in [1.807, 2.05) is 0 Å². The van der Waals surface area contributed by atoms with Crippen molar-refractivity contribution in [2.45, 2.75) is 19.5 Å². The Morgan fingerprint density at radius 1 is 0.952 bits per heavy atom. The molecule has 0 saturated heterocycles. The zero-order valence-corrected chi connectivity index (χ0v) is 12.1. The van der Waals surface area contributed by atoms with E-state index < -0.39 is 0 Å². The Balaban J connectivity index is 1.85. The molecule has 1 N–H and O–H groups in total. The fourth-order valence-electron chi connectivity index (χ4n) is 3.11. The van der Waals surface area contributed by atoms with E-state index >= 15 is 0 Å². The molecule has 0 aliphatic carbocycles. The van der Waals surface area contributed by atoms with E-state index in [1.165, 1.54) is 28.1 Å². The van der Waals surface area contributed by atoms with Crippen molar-refractivity contribution >= 4 is 0 Å². The maximum atomic E-state index is 3.70. The smallest absolute Gasteiger partial charge is 0.0737 e. The van der Waals surface area contributed by atoms with Crippen LogP contribution in [-0.4, -0.2) is 4.57 Å². The van der Waals surface area contributed by atoms with Crippen LogP contribution in [0.5, 0.6) is 0 Å². The monoisotopic (exact) mass is 274 g/mol. The highest BCUT2D eigenvalue weighted by Crippen LogP contribution is 2.30. The Kier molecular flexibility index (Phi) is 2.90. The van der Waals surface area contributed by atoms with Crippen molar-refractivity contribution in [3.8, 4) is 5.69 Å². The lowest BCUT2D eigenvalue weighted by molar-refractivity contribution is 0.601. The lowest BCUT2D eigenvalue weighted by Crippen LogP contribution is -2.21. The van der Waals surface area contributed by atoms with Crippen LogP contribution in [-0.2, 0) is 6.54 Å². The molecule has 3 aromatic rings. The van der Waals surface area contributed by atoms with Gasteiger partial charge in [-0.25, -0.2) is 0 Å². The van der Waals surface area contributed by atoms with Gasteiger partial charge in [-0.15, -0.1) is 0 Å². The number of para-hydroxylation sites is 1. The minimum Gasteiger partial charge on any atom is -0.319 e. The van der Waals surface area contributed by atoms with Crippen molar-refractivity contribution in [1.82, 2.24) is 9.88 Å². The lowest BCUT2D eigenvalue weighted by atomic mass is 10.0. The molecule has 0 fully saturated rings. The maximum Gasteiger partial charge on any atom is 0.0737 e. The number of rotatable bonds is 1. The average Bonchev–Trinajstić information content (AvgIpc) is 2.93. The Hall–Kier alpha value is -2.32.